The number of carbonyl (C=O) groups is 1. The first-order chi connectivity index (χ1) is 14.1. The van der Waals surface area contributed by atoms with Crippen molar-refractivity contribution in [3.8, 4) is 0 Å². The van der Waals surface area contributed by atoms with Gasteiger partial charge in [0, 0.05) is 24.2 Å². The van der Waals surface area contributed by atoms with E-state index in [0.29, 0.717) is 11.4 Å². The fraction of sp³-hybridized carbons (Fsp3) is 0.238. The molecule has 2 aromatic heterocycles. The van der Waals surface area contributed by atoms with Crippen LogP contribution < -0.4 is 10.7 Å². The Hall–Kier alpha value is -3.13. The minimum absolute atomic E-state index is 0.286. The number of aliphatic imine (C=N–C) groups is 1. The molecule has 7 nitrogen and oxygen atoms in total. The quantitative estimate of drug-likeness (QED) is 0.511. The minimum Gasteiger partial charge on any atom is -0.335 e. The van der Waals surface area contributed by atoms with E-state index in [2.05, 4.69) is 25.8 Å². The van der Waals surface area contributed by atoms with Crippen LogP contribution in [-0.2, 0) is 0 Å². The zero-order valence-electron chi connectivity index (χ0n) is 16.3. The number of nitrogens with one attached hydrogen (secondary N) is 2. The van der Waals surface area contributed by atoms with Crippen LogP contribution in [0.4, 0.5) is 5.69 Å². The Balaban J connectivity index is 1.45. The van der Waals surface area contributed by atoms with Crippen molar-refractivity contribution in [3.63, 3.8) is 0 Å². The molecule has 0 aliphatic carbocycles. The molecule has 0 saturated heterocycles. The van der Waals surface area contributed by atoms with Crippen LogP contribution in [0.25, 0.3) is 5.65 Å². The fourth-order valence-electron chi connectivity index (χ4n) is 3.09. The van der Waals surface area contributed by atoms with E-state index in [1.807, 2.05) is 62.5 Å². The van der Waals surface area contributed by atoms with Crippen molar-refractivity contribution in [2.24, 2.45) is 10.1 Å². The number of hydrogen-bond donors (Lipinski definition) is 2. The number of aromatic nitrogens is 2. The molecule has 0 saturated carbocycles. The number of aryl methyl sites for hydroxylation is 1. The van der Waals surface area contributed by atoms with Gasteiger partial charge in [-0.1, -0.05) is 30.0 Å². The maximum Gasteiger partial charge on any atom is 0.290 e. The van der Waals surface area contributed by atoms with E-state index in [1.54, 1.807) is 16.2 Å². The Bertz CT molecular complexity index is 1100. The number of nitrogens with zero attached hydrogens (tertiary/aromatic N) is 4. The molecule has 1 aliphatic heterocycles. The van der Waals surface area contributed by atoms with Gasteiger partial charge in [-0.2, -0.15) is 5.10 Å². The largest absolute Gasteiger partial charge is 0.335 e. The lowest BCUT2D eigenvalue weighted by molar-refractivity contribution is 0.0948. The molecule has 29 heavy (non-hydrogen) atoms. The van der Waals surface area contributed by atoms with Gasteiger partial charge in [0.2, 0.25) is 0 Å². The van der Waals surface area contributed by atoms with Crippen molar-refractivity contribution in [1.82, 2.24) is 14.8 Å². The van der Waals surface area contributed by atoms with Crippen LogP contribution in [0.5, 0.6) is 0 Å². The lowest BCUT2D eigenvalue weighted by Crippen LogP contribution is -2.22. The summed E-state index contributed by atoms with van der Waals surface area (Å²) in [6.07, 6.45) is 2.95. The summed E-state index contributed by atoms with van der Waals surface area (Å²) < 4.78 is 1.77. The molecule has 148 valence electrons. The summed E-state index contributed by atoms with van der Waals surface area (Å²) in [5.41, 5.74) is 7.18. The first-order valence-corrected chi connectivity index (χ1v) is 10.4. The van der Waals surface area contributed by atoms with Crippen molar-refractivity contribution in [1.29, 1.82) is 0 Å². The summed E-state index contributed by atoms with van der Waals surface area (Å²) >= 11 is 1.74. The molecule has 0 radical (unpaired) electrons. The summed E-state index contributed by atoms with van der Waals surface area (Å²) in [5.74, 6) is 0.813. The summed E-state index contributed by atoms with van der Waals surface area (Å²) in [4.78, 5) is 21.5. The molecule has 0 bridgehead atoms. The second-order valence-corrected chi connectivity index (χ2v) is 7.79. The Labute approximate surface area is 173 Å². The summed E-state index contributed by atoms with van der Waals surface area (Å²) in [6.45, 7) is 4.56. The van der Waals surface area contributed by atoms with Crippen LogP contribution in [0.3, 0.4) is 0 Å². The third-order valence-electron chi connectivity index (χ3n) is 4.60. The van der Waals surface area contributed by atoms with Crippen molar-refractivity contribution in [3.05, 3.63) is 65.6 Å². The van der Waals surface area contributed by atoms with Crippen LogP contribution in [0.1, 0.15) is 35.1 Å². The van der Waals surface area contributed by atoms with E-state index < -0.39 is 0 Å². The Kier molecular flexibility index (Phi) is 5.62. The number of amides is 1. The number of benzene rings is 1. The molecule has 0 spiro atoms. The molecule has 1 aliphatic rings. The first-order valence-electron chi connectivity index (χ1n) is 9.45. The van der Waals surface area contributed by atoms with E-state index in [9.17, 15) is 4.79 Å². The number of pyridine rings is 1. The molecule has 3 aromatic rings. The SMILES string of the molecule is C/C(=N/NC(=O)c1c(C)nc2ccccn12)c1ccc(NC2=NCCCS2)cc1. The molecule has 1 amide bonds. The normalized spacial score (nSPS) is 14.6. The van der Waals surface area contributed by atoms with Crippen LogP contribution >= 0.6 is 11.8 Å². The zero-order chi connectivity index (χ0) is 20.2. The number of hydrogen-bond acceptors (Lipinski definition) is 6. The lowest BCUT2D eigenvalue weighted by Gasteiger charge is -2.13. The van der Waals surface area contributed by atoms with Crippen molar-refractivity contribution < 1.29 is 4.79 Å². The van der Waals surface area contributed by atoms with Gasteiger partial charge in [-0.15, -0.1) is 0 Å². The van der Waals surface area contributed by atoms with Crippen LogP contribution in [0, 0.1) is 6.92 Å². The molecule has 0 atom stereocenters. The number of rotatable bonds is 4. The zero-order valence-corrected chi connectivity index (χ0v) is 17.2. The first kappa shape index (κ1) is 19.2. The Morgan fingerprint density at radius 2 is 2.03 bits per heavy atom. The lowest BCUT2D eigenvalue weighted by atomic mass is 10.1. The van der Waals surface area contributed by atoms with Gasteiger partial charge in [0.25, 0.3) is 5.91 Å². The van der Waals surface area contributed by atoms with Gasteiger partial charge in [-0.25, -0.2) is 10.4 Å². The minimum atomic E-state index is -0.286. The fourth-order valence-corrected chi connectivity index (χ4v) is 3.93. The third-order valence-corrected chi connectivity index (χ3v) is 5.59. The van der Waals surface area contributed by atoms with Crippen LogP contribution in [-0.4, -0.2) is 38.5 Å². The second kappa shape index (κ2) is 8.48. The highest BCUT2D eigenvalue weighted by molar-refractivity contribution is 8.14. The predicted molar refractivity (Wildman–Crippen MR) is 119 cm³/mol. The van der Waals surface area contributed by atoms with Crippen LogP contribution in [0.15, 0.2) is 58.8 Å². The van der Waals surface area contributed by atoms with Gasteiger partial charge in [-0.05, 0) is 50.1 Å². The maximum atomic E-state index is 12.6. The number of thioether (sulfide) groups is 1. The third kappa shape index (κ3) is 4.32. The van der Waals surface area contributed by atoms with Crippen molar-refractivity contribution >= 4 is 39.9 Å². The highest BCUT2D eigenvalue weighted by Gasteiger charge is 2.16. The molecular formula is C21H22N6OS. The number of amidine groups is 1. The highest BCUT2D eigenvalue weighted by Crippen LogP contribution is 2.17. The van der Waals surface area contributed by atoms with E-state index in [-0.39, 0.29) is 5.91 Å². The molecule has 0 fully saturated rings. The van der Waals surface area contributed by atoms with Crippen molar-refractivity contribution in [2.45, 2.75) is 20.3 Å². The van der Waals surface area contributed by atoms with Gasteiger partial charge < -0.3 is 5.32 Å². The molecule has 3 heterocycles. The van der Waals surface area contributed by atoms with Gasteiger partial charge in [0.05, 0.1) is 11.4 Å². The van der Waals surface area contributed by atoms with E-state index in [4.69, 9.17) is 0 Å². The van der Waals surface area contributed by atoms with E-state index in [0.717, 1.165) is 46.5 Å². The summed E-state index contributed by atoms with van der Waals surface area (Å²) in [7, 11) is 0. The molecule has 2 N–H and O–H groups in total. The molecule has 8 heteroatoms. The van der Waals surface area contributed by atoms with E-state index >= 15 is 0 Å². The van der Waals surface area contributed by atoms with E-state index in [1.165, 1.54) is 0 Å². The topological polar surface area (TPSA) is 83.2 Å². The number of carbonyl (C=O) groups excluding carboxylic acids is 1. The van der Waals surface area contributed by atoms with Gasteiger partial charge >= 0.3 is 0 Å². The van der Waals surface area contributed by atoms with Gasteiger partial charge in [0.15, 0.2) is 5.17 Å². The Morgan fingerprint density at radius 3 is 2.79 bits per heavy atom. The summed E-state index contributed by atoms with van der Waals surface area (Å²) in [5, 5.41) is 8.57. The standard InChI is InChI=1S/C21H22N6OS/c1-14(16-7-9-17(10-8-16)24-21-22-11-5-13-29-21)25-26-20(28)19-15(2)23-18-6-3-4-12-27(18)19/h3-4,6-10,12H,5,11,13H2,1-2H3,(H,22,24)(H,26,28)/b25-14-. The Morgan fingerprint density at radius 1 is 1.21 bits per heavy atom. The molecule has 0 unspecified atom stereocenters. The van der Waals surface area contributed by atoms with Crippen molar-refractivity contribution in [2.75, 3.05) is 17.6 Å². The average Bonchev–Trinajstić information content (AvgIpc) is 3.09. The molecule has 4 rings (SSSR count). The number of fused-ring (bicyclic) bond motifs is 1. The molecular weight excluding hydrogens is 384 g/mol. The van der Waals surface area contributed by atoms with Crippen LogP contribution in [0.2, 0.25) is 0 Å². The number of anilines is 1. The number of imidazole rings is 1. The molecule has 1 aromatic carbocycles. The smallest absolute Gasteiger partial charge is 0.290 e. The van der Waals surface area contributed by atoms with Gasteiger partial charge in [-0.3, -0.25) is 14.2 Å². The maximum absolute atomic E-state index is 12.6. The highest BCUT2D eigenvalue weighted by atomic mass is 32.2. The average molecular weight is 407 g/mol. The number of hydrazone groups is 1. The summed E-state index contributed by atoms with van der Waals surface area (Å²) in [6, 6.07) is 13.5. The second-order valence-electron chi connectivity index (χ2n) is 6.70. The van der Waals surface area contributed by atoms with Gasteiger partial charge in [0.1, 0.15) is 11.3 Å². The monoisotopic (exact) mass is 406 g/mol. The predicted octanol–water partition coefficient (Wildman–Crippen LogP) is 3.70.